The molecule has 1 aliphatic carbocycles. The quantitative estimate of drug-likeness (QED) is 0.742. The average molecular weight is 384 g/mol. The first-order chi connectivity index (χ1) is 9.71. The number of hydrogen-bond acceptors (Lipinski definition) is 3. The topological polar surface area (TPSA) is 35.5 Å². The number of benzene rings is 1. The van der Waals surface area contributed by atoms with E-state index >= 15 is 0 Å². The minimum atomic E-state index is -0.554. The molecule has 4 heteroatoms. The molecule has 3 nitrogen and oxygen atoms in total. The molecule has 0 amide bonds. The van der Waals surface area contributed by atoms with Gasteiger partial charge in [-0.15, -0.1) is 0 Å². The highest BCUT2D eigenvalue weighted by Gasteiger charge is 2.50. The summed E-state index contributed by atoms with van der Waals surface area (Å²) in [6.07, 6.45) is 3.85. The van der Waals surface area contributed by atoms with E-state index in [1.165, 1.54) is 0 Å². The summed E-state index contributed by atoms with van der Waals surface area (Å²) in [4.78, 5) is 12.3. The molecule has 20 heavy (non-hydrogen) atoms. The van der Waals surface area contributed by atoms with Crippen molar-refractivity contribution in [2.45, 2.75) is 37.9 Å². The van der Waals surface area contributed by atoms with Crippen LogP contribution in [-0.4, -0.2) is 18.0 Å². The predicted octanol–water partition coefficient (Wildman–Crippen LogP) is 3.76. The smallest absolute Gasteiger partial charge is 0.215 e. The van der Waals surface area contributed by atoms with E-state index in [1.807, 2.05) is 30.3 Å². The van der Waals surface area contributed by atoms with Crippen molar-refractivity contribution in [3.8, 4) is 0 Å². The third-order valence-electron chi connectivity index (χ3n) is 3.93. The number of carbonyl (C=O) groups excluding carboxylic acids is 1. The molecule has 0 N–H and O–H groups in total. The highest BCUT2D eigenvalue weighted by atomic mass is 127. The van der Waals surface area contributed by atoms with Gasteiger partial charge in [0.1, 0.15) is 15.9 Å². The molecule has 0 aromatic heterocycles. The van der Waals surface area contributed by atoms with Crippen LogP contribution in [0.3, 0.4) is 0 Å². The zero-order valence-corrected chi connectivity index (χ0v) is 13.4. The van der Waals surface area contributed by atoms with Crippen LogP contribution in [0.1, 0.15) is 31.2 Å². The summed E-state index contributed by atoms with van der Waals surface area (Å²) in [6.45, 7) is 0.916. The first kappa shape index (κ1) is 14.1. The van der Waals surface area contributed by atoms with Crippen molar-refractivity contribution in [1.29, 1.82) is 0 Å². The van der Waals surface area contributed by atoms with Crippen LogP contribution in [0.2, 0.25) is 0 Å². The van der Waals surface area contributed by atoms with E-state index in [9.17, 15) is 4.79 Å². The van der Waals surface area contributed by atoms with Crippen LogP contribution < -0.4 is 0 Å². The summed E-state index contributed by atoms with van der Waals surface area (Å²) in [6, 6.07) is 10.0. The third-order valence-corrected chi connectivity index (χ3v) is 5.02. The van der Waals surface area contributed by atoms with Gasteiger partial charge in [0, 0.05) is 0 Å². The minimum Gasteiger partial charge on any atom is -0.480 e. The van der Waals surface area contributed by atoms with Crippen LogP contribution in [0.4, 0.5) is 0 Å². The molecule has 0 bridgehead atoms. The molecule has 1 aliphatic heterocycles. The van der Waals surface area contributed by atoms with Gasteiger partial charge in [0.2, 0.25) is 5.78 Å². The van der Waals surface area contributed by atoms with Gasteiger partial charge in [-0.1, -0.05) is 30.3 Å². The van der Waals surface area contributed by atoms with Gasteiger partial charge in [-0.2, -0.15) is 0 Å². The molecule has 1 aromatic carbocycles. The zero-order chi connectivity index (χ0) is 14.0. The van der Waals surface area contributed by atoms with Crippen molar-refractivity contribution >= 4 is 28.4 Å². The largest absolute Gasteiger partial charge is 0.480 e. The van der Waals surface area contributed by atoms with Crippen molar-refractivity contribution in [2.24, 2.45) is 0 Å². The maximum atomic E-state index is 12.3. The minimum absolute atomic E-state index is 0.161. The molecule has 1 saturated carbocycles. The first-order valence-corrected chi connectivity index (χ1v) is 8.03. The Bertz CT molecular complexity index is 530. The summed E-state index contributed by atoms with van der Waals surface area (Å²) in [5.74, 6) is 0.877. The molecule has 0 atom stereocenters. The number of Topliss-reactive ketones (excluding diaryl/α,β-unsaturated/α-hetero) is 1. The normalized spacial score (nSPS) is 20.8. The standard InChI is InChI=1S/C16H17IO3/c17-14-13(11-19-10-12-6-2-1-3-7-12)20-16(15(14)18)8-4-5-9-16/h1-3,6-7H,4-5,8-11H2. The van der Waals surface area contributed by atoms with Crippen LogP contribution in [0, 0.1) is 0 Å². The number of halogens is 1. The third kappa shape index (κ3) is 2.63. The lowest BCUT2D eigenvalue weighted by molar-refractivity contribution is -0.130. The second-order valence-electron chi connectivity index (χ2n) is 5.35. The van der Waals surface area contributed by atoms with Gasteiger partial charge in [-0.25, -0.2) is 0 Å². The summed E-state index contributed by atoms with van der Waals surface area (Å²) in [5.41, 5.74) is 0.574. The van der Waals surface area contributed by atoms with Crippen molar-refractivity contribution in [1.82, 2.24) is 0 Å². The molecule has 1 spiro atoms. The number of rotatable bonds is 4. The van der Waals surface area contributed by atoms with Crippen LogP contribution in [0.25, 0.3) is 0 Å². The highest BCUT2D eigenvalue weighted by Crippen LogP contribution is 2.44. The Kier molecular flexibility index (Phi) is 4.12. The lowest BCUT2D eigenvalue weighted by Gasteiger charge is -2.22. The molecule has 3 rings (SSSR count). The Morgan fingerprint density at radius 1 is 1.15 bits per heavy atom. The summed E-state index contributed by atoms with van der Waals surface area (Å²) >= 11 is 2.10. The molecule has 0 saturated heterocycles. The Hall–Kier alpha value is -0.880. The Morgan fingerprint density at radius 3 is 2.55 bits per heavy atom. The van der Waals surface area contributed by atoms with E-state index in [2.05, 4.69) is 22.6 Å². The maximum absolute atomic E-state index is 12.3. The Balaban J connectivity index is 1.59. The first-order valence-electron chi connectivity index (χ1n) is 6.95. The van der Waals surface area contributed by atoms with Crippen LogP contribution in [0.5, 0.6) is 0 Å². The molecular formula is C16H17IO3. The molecule has 106 valence electrons. The van der Waals surface area contributed by atoms with Crippen LogP contribution in [-0.2, 0) is 20.9 Å². The lowest BCUT2D eigenvalue weighted by Crippen LogP contribution is -2.33. The van der Waals surface area contributed by atoms with Gasteiger partial charge in [0.05, 0.1) is 6.61 Å². The van der Waals surface area contributed by atoms with Crippen molar-refractivity contribution < 1.29 is 14.3 Å². The molecule has 1 fully saturated rings. The molecular weight excluding hydrogens is 367 g/mol. The molecule has 0 unspecified atom stereocenters. The second kappa shape index (κ2) is 5.85. The summed E-state index contributed by atoms with van der Waals surface area (Å²) < 4.78 is 12.4. The summed E-state index contributed by atoms with van der Waals surface area (Å²) in [7, 11) is 0. The number of ketones is 1. The van der Waals surface area contributed by atoms with Gasteiger partial charge in [0.15, 0.2) is 5.60 Å². The van der Waals surface area contributed by atoms with Crippen molar-refractivity contribution in [3.05, 3.63) is 45.2 Å². The van der Waals surface area contributed by atoms with Gasteiger partial charge in [-0.3, -0.25) is 4.79 Å². The fourth-order valence-corrected chi connectivity index (χ4v) is 3.61. The van der Waals surface area contributed by atoms with Crippen LogP contribution >= 0.6 is 22.6 Å². The van der Waals surface area contributed by atoms with Gasteiger partial charge in [0.25, 0.3) is 0 Å². The lowest BCUT2D eigenvalue weighted by atomic mass is 9.98. The molecule has 2 aliphatic rings. The second-order valence-corrected chi connectivity index (χ2v) is 6.43. The number of carbonyl (C=O) groups is 1. The van der Waals surface area contributed by atoms with E-state index in [1.54, 1.807) is 0 Å². The van der Waals surface area contributed by atoms with E-state index in [0.29, 0.717) is 19.0 Å². The van der Waals surface area contributed by atoms with E-state index in [0.717, 1.165) is 34.8 Å². The fraction of sp³-hybridized carbons (Fsp3) is 0.438. The van der Waals surface area contributed by atoms with E-state index < -0.39 is 5.60 Å². The van der Waals surface area contributed by atoms with Crippen LogP contribution in [0.15, 0.2) is 39.7 Å². The van der Waals surface area contributed by atoms with Crippen molar-refractivity contribution in [3.63, 3.8) is 0 Å². The fourth-order valence-electron chi connectivity index (χ4n) is 2.86. The average Bonchev–Trinajstić information content (AvgIpc) is 3.03. The number of hydrogen-bond donors (Lipinski definition) is 0. The Labute approximate surface area is 132 Å². The van der Waals surface area contributed by atoms with Gasteiger partial charge in [-0.05, 0) is 53.8 Å². The van der Waals surface area contributed by atoms with E-state index in [4.69, 9.17) is 9.47 Å². The molecule has 1 heterocycles. The monoisotopic (exact) mass is 384 g/mol. The Morgan fingerprint density at radius 2 is 1.85 bits per heavy atom. The van der Waals surface area contributed by atoms with Gasteiger partial charge >= 0.3 is 0 Å². The summed E-state index contributed by atoms with van der Waals surface area (Å²) in [5, 5.41) is 0. The highest BCUT2D eigenvalue weighted by molar-refractivity contribution is 14.1. The number of ether oxygens (including phenoxy) is 2. The van der Waals surface area contributed by atoms with Crippen molar-refractivity contribution in [2.75, 3.05) is 6.61 Å². The maximum Gasteiger partial charge on any atom is 0.215 e. The van der Waals surface area contributed by atoms with E-state index in [-0.39, 0.29) is 5.78 Å². The zero-order valence-electron chi connectivity index (χ0n) is 11.2. The predicted molar refractivity (Wildman–Crippen MR) is 84.4 cm³/mol. The molecule has 0 radical (unpaired) electrons. The molecule has 1 aromatic rings. The SMILES string of the molecule is O=C1C(I)=C(COCc2ccccc2)OC12CCCC2. The van der Waals surface area contributed by atoms with Gasteiger partial charge < -0.3 is 9.47 Å².